The fourth-order valence-electron chi connectivity index (χ4n) is 5.26. The van der Waals surface area contributed by atoms with Gasteiger partial charge in [-0.1, -0.05) is 119 Å². The van der Waals surface area contributed by atoms with E-state index in [2.05, 4.69) is 71.2 Å². The first-order valence-electron chi connectivity index (χ1n) is 30.0. The largest absolute Gasteiger partial charge is 1.00 e. The number of ether oxygens (including phenoxy) is 6. The quantitative estimate of drug-likeness (QED) is 0.0509. The molecular weight excluding hydrogens is 1290 g/mol. The molecule has 0 radical (unpaired) electrons. The van der Waals surface area contributed by atoms with Gasteiger partial charge in [-0.2, -0.15) is 5.10 Å². The smallest absolute Gasteiger partial charge is 0.870 e. The summed E-state index contributed by atoms with van der Waals surface area (Å²) in [6.07, 6.45) is 41.5. The number of nitrogens with one attached hydrogen (secondary N) is 1. The third kappa shape index (κ3) is 49.3. The van der Waals surface area contributed by atoms with E-state index in [1.54, 1.807) is 114 Å². The Morgan fingerprint density at radius 2 is 0.800 bits per heavy atom. The maximum absolute atomic E-state index is 11.2. The molecule has 0 spiro atoms. The minimum absolute atomic E-state index is 0. The van der Waals surface area contributed by atoms with Crippen LogP contribution in [0, 0.1) is 74.1 Å². The first kappa shape index (κ1) is 102. The molecule has 6 aromatic heterocycles. The number of Topliss-reactive ketones (excluding diaryl/α,β-unsaturated/α-hetero) is 3. The number of nitrogens with zero attached hydrogens (tertiary/aromatic N) is 12. The molecule has 4 unspecified atom stereocenters. The second-order valence-electron chi connectivity index (χ2n) is 15.9. The third-order valence-corrected chi connectivity index (χ3v) is 9.87. The van der Waals surface area contributed by atoms with Crippen molar-refractivity contribution in [2.45, 2.75) is 169 Å². The van der Waals surface area contributed by atoms with Crippen LogP contribution >= 0.6 is 0 Å². The van der Waals surface area contributed by atoms with Crippen molar-refractivity contribution in [3.05, 3.63) is 73.6 Å². The number of H-pyrrole nitrogens is 1. The number of rotatable bonds is 22. The topological polar surface area (TPSA) is 309 Å². The number of hydrogen-bond acceptors (Lipinski definition) is 19. The number of amides is 1. The van der Waals surface area contributed by atoms with Gasteiger partial charge in [0.05, 0.1) is 6.20 Å². The summed E-state index contributed by atoms with van der Waals surface area (Å²) in [5.74, 6) is 16.4. The Morgan fingerprint density at radius 3 is 1.08 bits per heavy atom. The summed E-state index contributed by atoms with van der Waals surface area (Å²) in [4.78, 5) is 67.1. The van der Waals surface area contributed by atoms with Gasteiger partial charge in [-0.15, -0.1) is 64.0 Å². The van der Waals surface area contributed by atoms with Crippen molar-refractivity contribution in [3.63, 3.8) is 0 Å². The van der Waals surface area contributed by atoms with Gasteiger partial charge in [0.1, 0.15) is 24.0 Å². The van der Waals surface area contributed by atoms with E-state index in [0.29, 0.717) is 35.3 Å². The van der Waals surface area contributed by atoms with Crippen molar-refractivity contribution in [3.8, 4) is 109 Å². The molecular formula is C68H101N13O13Rb-. The molecule has 2 N–H and O–H groups in total. The summed E-state index contributed by atoms with van der Waals surface area (Å²) >= 11 is 0. The Morgan fingerprint density at radius 1 is 0.495 bits per heavy atom. The van der Waals surface area contributed by atoms with Gasteiger partial charge >= 0.3 is 58.2 Å². The van der Waals surface area contributed by atoms with Gasteiger partial charge in [0.2, 0.25) is 47.1 Å². The number of ketones is 3. The SMILES string of the molecule is C#CCOc1ccn(C(C)=O)n1.C#CCOc1ccn(C(C)C(C)=O)n1.C#CCOc1ccn(C(C)C(C)=O)n1.C#CCOc1ccn(C(C)N(C)C(C)=O)n1.C#CCOc1ccn(C([C-]=O)CC(C)=O)n1.C#CCOc1ccn[nH]1.CC.CC.CC.CC.CC.CC.[OH-].[Rb+]. The zero-order chi connectivity index (χ0) is 72.7. The molecule has 0 saturated heterocycles. The molecule has 4 atom stereocenters. The molecule has 518 valence electrons. The molecule has 6 heterocycles. The van der Waals surface area contributed by atoms with Gasteiger partial charge in [0.25, 0.3) is 0 Å². The van der Waals surface area contributed by atoms with E-state index in [4.69, 9.17) is 67.0 Å². The summed E-state index contributed by atoms with van der Waals surface area (Å²) in [5.41, 5.74) is 0. The number of aromatic nitrogens is 12. The van der Waals surface area contributed by atoms with Crippen molar-refractivity contribution < 1.29 is 121 Å². The standard InChI is InChI=1S/C11H15N3O2.C11H11N2O3.2C10H12N2O2.C8H8N2O2.C6H6N2O.6C2H6.H2O.Rb/c1-5-8-16-11-6-7-14(12-11)9(2)13(4)10(3)15;1-3-6-16-11-4-5-13(12-11)10(8-14)7-9(2)15;2*1-4-7-14-10-5-6-12(11-10)8(2)9(3)13;1-3-6-12-8-4-5-10(9-8)7(2)11;1-2-5-9-6-3-4-7-8-6;6*1-2;;/h1,6-7,9H,8H2,2-4H3;1,4-5,10H,6-7H2,2H3;2*1,5-6,8H,7H2,2-3H3;1,4-5H,6H2,2H3;1,3-4H,5H2,(H,7,8);6*1-2H3;1H2;/q;-1;;;;;;;;;;;;+1/p-1. The molecule has 0 aliphatic rings. The molecule has 0 fully saturated rings. The van der Waals surface area contributed by atoms with Gasteiger partial charge in [0, 0.05) is 94.7 Å². The third-order valence-electron chi connectivity index (χ3n) is 9.87. The Labute approximate surface area is 614 Å². The van der Waals surface area contributed by atoms with Crippen LogP contribution in [0.15, 0.2) is 73.6 Å². The van der Waals surface area contributed by atoms with E-state index in [9.17, 15) is 28.8 Å². The summed E-state index contributed by atoms with van der Waals surface area (Å²) in [6.45, 7) is 37.9. The van der Waals surface area contributed by atoms with E-state index in [0.717, 1.165) is 0 Å². The van der Waals surface area contributed by atoms with Crippen molar-refractivity contribution >= 4 is 35.5 Å². The van der Waals surface area contributed by atoms with Gasteiger partial charge in [-0.3, -0.25) is 33.2 Å². The first-order valence-corrected chi connectivity index (χ1v) is 30.0. The predicted molar refractivity (Wildman–Crippen MR) is 366 cm³/mol. The normalized spacial score (nSPS) is 9.67. The number of aromatic amines is 1. The van der Waals surface area contributed by atoms with Gasteiger partial charge in [0.15, 0.2) is 51.2 Å². The van der Waals surface area contributed by atoms with Crippen molar-refractivity contribution in [1.29, 1.82) is 0 Å². The number of carbonyl (C=O) groups is 5. The summed E-state index contributed by atoms with van der Waals surface area (Å²) < 4.78 is 37.6. The van der Waals surface area contributed by atoms with E-state index >= 15 is 0 Å². The van der Waals surface area contributed by atoms with Crippen LogP contribution in [0.4, 0.5) is 0 Å². The van der Waals surface area contributed by atoms with E-state index in [1.165, 1.54) is 50.2 Å². The summed E-state index contributed by atoms with van der Waals surface area (Å²) in [5, 5.41) is 26.3. The van der Waals surface area contributed by atoms with Gasteiger partial charge in [-0.25, -0.2) is 20.7 Å². The monoisotopic (exact) mass is 1390 g/mol. The van der Waals surface area contributed by atoms with Gasteiger partial charge < -0.3 is 48.4 Å². The second-order valence-corrected chi connectivity index (χ2v) is 15.9. The van der Waals surface area contributed by atoms with E-state index in [-0.39, 0.29) is 157 Å². The average Bonchev–Trinajstić information content (AvgIpc) is 1.84. The van der Waals surface area contributed by atoms with Crippen LogP contribution in [-0.4, -0.2) is 152 Å². The van der Waals surface area contributed by atoms with Crippen molar-refractivity contribution in [2.24, 2.45) is 0 Å². The summed E-state index contributed by atoms with van der Waals surface area (Å²) in [6, 6.07) is 8.69. The maximum Gasteiger partial charge on any atom is 1.00 e. The van der Waals surface area contributed by atoms with Crippen LogP contribution in [0.1, 0.15) is 174 Å². The minimum atomic E-state index is -0.708. The van der Waals surface area contributed by atoms with Crippen LogP contribution in [0.3, 0.4) is 0 Å². The maximum atomic E-state index is 11.2. The van der Waals surface area contributed by atoms with Crippen molar-refractivity contribution in [2.75, 3.05) is 46.7 Å². The Balaban J connectivity index is -0.000000154. The van der Waals surface area contributed by atoms with Crippen LogP contribution in [0.25, 0.3) is 0 Å². The minimum Gasteiger partial charge on any atom is -0.870 e. The molecule has 26 nitrogen and oxygen atoms in total. The Bertz CT molecular complexity index is 3080. The zero-order valence-electron chi connectivity index (χ0n) is 59.9. The molecule has 0 aliphatic heterocycles. The molecule has 1 amide bonds. The van der Waals surface area contributed by atoms with Crippen LogP contribution < -0.4 is 86.6 Å². The molecule has 27 heteroatoms. The molecule has 6 aromatic rings. The van der Waals surface area contributed by atoms with Crippen molar-refractivity contribution in [1.82, 2.24) is 64.0 Å². The van der Waals surface area contributed by atoms with Gasteiger partial charge in [-0.05, 0) is 47.6 Å². The fourth-order valence-corrected chi connectivity index (χ4v) is 5.26. The first-order chi connectivity index (χ1) is 44.7. The average molecular weight is 1390 g/mol. The molecule has 95 heavy (non-hydrogen) atoms. The van der Waals surface area contributed by atoms with Crippen LogP contribution in [0.5, 0.6) is 35.3 Å². The fraction of sp³-hybridized carbons (Fsp3) is 0.471. The Kier molecular flexibility index (Phi) is 74.6. The molecule has 0 bridgehead atoms. The predicted octanol–water partition coefficient (Wildman–Crippen LogP) is 7.47. The molecule has 0 aliphatic carbocycles. The zero-order valence-corrected chi connectivity index (χ0v) is 64.8. The second kappa shape index (κ2) is 69.3. The number of terminal acetylenes is 6. The summed E-state index contributed by atoms with van der Waals surface area (Å²) in [7, 11) is 1.72. The Hall–Kier alpha value is -8.99. The number of carbonyl (C=O) groups excluding carboxylic acids is 6. The number of hydrogen-bond donors (Lipinski definition) is 1. The van der Waals surface area contributed by atoms with Crippen LogP contribution in [-0.2, 0) is 24.0 Å². The van der Waals surface area contributed by atoms with E-state index < -0.39 is 6.04 Å². The molecule has 6 rings (SSSR count). The van der Waals surface area contributed by atoms with Crippen LogP contribution in [0.2, 0.25) is 0 Å². The molecule has 0 aromatic carbocycles. The molecule has 0 saturated carbocycles. The van der Waals surface area contributed by atoms with E-state index in [1.807, 2.05) is 90.0 Å².